The van der Waals surface area contributed by atoms with Crippen molar-refractivity contribution in [2.45, 2.75) is 19.3 Å². The Hall–Kier alpha value is -3.13. The van der Waals surface area contributed by atoms with Gasteiger partial charge in [-0.1, -0.05) is 13.8 Å². The van der Waals surface area contributed by atoms with E-state index in [0.29, 0.717) is 22.5 Å². The van der Waals surface area contributed by atoms with E-state index >= 15 is 0 Å². The highest BCUT2D eigenvalue weighted by molar-refractivity contribution is 6.19. The van der Waals surface area contributed by atoms with Crippen LogP contribution in [0.3, 0.4) is 0 Å². The van der Waals surface area contributed by atoms with Crippen LogP contribution in [0.4, 0.5) is 0 Å². The summed E-state index contributed by atoms with van der Waals surface area (Å²) in [5.74, 6) is 0.693. The van der Waals surface area contributed by atoms with Gasteiger partial charge < -0.3 is 9.72 Å². The summed E-state index contributed by atoms with van der Waals surface area (Å²) in [6.07, 6.45) is 0. The highest BCUT2D eigenvalue weighted by Crippen LogP contribution is 2.44. The van der Waals surface area contributed by atoms with Crippen LogP contribution in [-0.4, -0.2) is 22.9 Å². The number of nitrogens with one attached hydrogen (secondary N) is 1. The summed E-state index contributed by atoms with van der Waals surface area (Å²) in [6.45, 7) is 4.13. The maximum atomic E-state index is 13.1. The number of ether oxygens (including phenoxy) is 1. The number of aromatic amines is 1. The molecular weight excluding hydrogens is 302 g/mol. The summed E-state index contributed by atoms with van der Waals surface area (Å²) in [5, 5.41) is 9.80. The topological polar surface area (TPSA) is 78.8 Å². The van der Waals surface area contributed by atoms with Crippen molar-refractivity contribution in [1.82, 2.24) is 9.97 Å². The van der Waals surface area contributed by atoms with Gasteiger partial charge in [0.05, 0.1) is 12.7 Å². The van der Waals surface area contributed by atoms with Crippen LogP contribution in [0.2, 0.25) is 0 Å². The van der Waals surface area contributed by atoms with Crippen molar-refractivity contribution in [2.24, 2.45) is 0 Å². The maximum Gasteiger partial charge on any atom is 0.195 e. The van der Waals surface area contributed by atoms with E-state index in [1.807, 2.05) is 18.2 Å². The van der Waals surface area contributed by atoms with Gasteiger partial charge in [0.15, 0.2) is 5.78 Å². The summed E-state index contributed by atoms with van der Waals surface area (Å²) >= 11 is 0. The fraction of sp³-hybridized carbons (Fsp3) is 0.211. The lowest BCUT2D eigenvalue weighted by Gasteiger charge is -2.32. The number of benzene rings is 1. The molecule has 1 aliphatic rings. The minimum atomic E-state index is -0.402. The number of nitrogens with zero attached hydrogens (tertiary/aromatic N) is 2. The number of hydrogen-bond donors (Lipinski definition) is 1. The minimum absolute atomic E-state index is 0.0280. The first-order valence-corrected chi connectivity index (χ1v) is 7.64. The first-order chi connectivity index (χ1) is 11.5. The van der Waals surface area contributed by atoms with Gasteiger partial charge in [0.2, 0.25) is 0 Å². The Morgan fingerprint density at radius 2 is 2.04 bits per heavy atom. The van der Waals surface area contributed by atoms with Crippen LogP contribution in [0.15, 0.2) is 30.3 Å². The normalized spacial score (nSPS) is 14.8. The van der Waals surface area contributed by atoms with Crippen LogP contribution in [0, 0.1) is 11.3 Å². The molecule has 24 heavy (non-hydrogen) atoms. The monoisotopic (exact) mass is 317 g/mol. The molecule has 0 bridgehead atoms. The predicted molar refractivity (Wildman–Crippen MR) is 89.4 cm³/mol. The second-order valence-electron chi connectivity index (χ2n) is 6.45. The Balaban J connectivity index is 2.06. The Morgan fingerprint density at radius 3 is 2.75 bits per heavy atom. The van der Waals surface area contributed by atoms with Crippen LogP contribution in [0.1, 0.15) is 46.7 Å². The number of ketones is 1. The molecule has 0 atom stereocenters. The van der Waals surface area contributed by atoms with E-state index in [1.54, 1.807) is 25.3 Å². The molecule has 0 fully saturated rings. The zero-order valence-corrected chi connectivity index (χ0v) is 13.6. The Bertz CT molecular complexity index is 1050. The van der Waals surface area contributed by atoms with Crippen LogP contribution < -0.4 is 4.74 Å². The molecule has 0 amide bonds. The molecule has 0 saturated carbocycles. The van der Waals surface area contributed by atoms with Crippen molar-refractivity contribution in [3.8, 4) is 11.8 Å². The molecule has 118 valence electrons. The average Bonchev–Trinajstić information content (AvgIpc) is 2.99. The zero-order valence-electron chi connectivity index (χ0n) is 13.6. The number of pyridine rings is 1. The van der Waals surface area contributed by atoms with E-state index in [1.165, 1.54) is 0 Å². The van der Waals surface area contributed by atoms with E-state index in [2.05, 4.69) is 23.8 Å². The molecule has 0 spiro atoms. The molecule has 3 aromatic rings. The Labute approximate surface area is 138 Å². The third-order valence-corrected chi connectivity index (χ3v) is 4.77. The third-order valence-electron chi connectivity index (χ3n) is 4.77. The zero-order chi connectivity index (χ0) is 17.1. The van der Waals surface area contributed by atoms with Gasteiger partial charge in [-0.05, 0) is 35.9 Å². The molecule has 0 unspecified atom stereocenters. The first kappa shape index (κ1) is 14.5. The molecule has 1 aliphatic carbocycles. The molecule has 2 aromatic heterocycles. The number of hydrogen-bond acceptors (Lipinski definition) is 4. The lowest BCUT2D eigenvalue weighted by atomic mass is 9.71. The number of methoxy groups -OCH3 is 1. The molecule has 1 aromatic carbocycles. The van der Waals surface area contributed by atoms with Gasteiger partial charge in [-0.15, -0.1) is 0 Å². The fourth-order valence-electron chi connectivity index (χ4n) is 3.47. The van der Waals surface area contributed by atoms with Crippen molar-refractivity contribution in [2.75, 3.05) is 7.11 Å². The summed E-state index contributed by atoms with van der Waals surface area (Å²) in [4.78, 5) is 20.6. The summed E-state index contributed by atoms with van der Waals surface area (Å²) in [5.41, 5.74) is 3.56. The minimum Gasteiger partial charge on any atom is -0.497 e. The van der Waals surface area contributed by atoms with E-state index < -0.39 is 5.41 Å². The van der Waals surface area contributed by atoms with Crippen molar-refractivity contribution in [3.05, 3.63) is 58.4 Å². The fourth-order valence-corrected chi connectivity index (χ4v) is 3.47. The highest BCUT2D eigenvalue weighted by Gasteiger charge is 2.40. The number of H-pyrrole nitrogens is 1. The molecule has 4 rings (SSSR count). The van der Waals surface area contributed by atoms with Crippen molar-refractivity contribution in [1.29, 1.82) is 5.26 Å². The summed E-state index contributed by atoms with van der Waals surface area (Å²) in [7, 11) is 1.61. The van der Waals surface area contributed by atoms with Crippen LogP contribution in [0.5, 0.6) is 5.75 Å². The highest BCUT2D eigenvalue weighted by atomic mass is 16.5. The summed E-state index contributed by atoms with van der Waals surface area (Å²) in [6, 6.07) is 11.0. The standard InChI is InChI=1S/C19H15N3O2/c1-19(2)14-8-11(24-3)5-7-12(14)16(23)15-13-6-4-10(9-20)21-18(13)22-17(15)19/h4-8H,1-3H3,(H,21,22). The van der Waals surface area contributed by atoms with Gasteiger partial charge in [0.1, 0.15) is 23.2 Å². The van der Waals surface area contributed by atoms with Gasteiger partial charge in [0.25, 0.3) is 0 Å². The molecule has 2 heterocycles. The van der Waals surface area contributed by atoms with E-state index in [0.717, 1.165) is 22.4 Å². The van der Waals surface area contributed by atoms with E-state index in [-0.39, 0.29) is 5.78 Å². The number of carbonyl (C=O) groups is 1. The first-order valence-electron chi connectivity index (χ1n) is 7.64. The van der Waals surface area contributed by atoms with E-state index in [4.69, 9.17) is 10.00 Å². The average molecular weight is 317 g/mol. The lowest BCUT2D eigenvalue weighted by Crippen LogP contribution is -2.30. The van der Waals surface area contributed by atoms with Gasteiger partial charge in [-0.2, -0.15) is 5.26 Å². The molecule has 1 N–H and O–H groups in total. The van der Waals surface area contributed by atoms with Gasteiger partial charge in [-0.3, -0.25) is 4.79 Å². The number of rotatable bonds is 1. The second kappa shape index (κ2) is 4.68. The quantitative estimate of drug-likeness (QED) is 0.747. The molecule has 5 heteroatoms. The van der Waals surface area contributed by atoms with E-state index in [9.17, 15) is 4.79 Å². The largest absolute Gasteiger partial charge is 0.497 e. The molecule has 0 aliphatic heterocycles. The summed E-state index contributed by atoms with van der Waals surface area (Å²) < 4.78 is 5.32. The van der Waals surface area contributed by atoms with Gasteiger partial charge in [-0.25, -0.2) is 4.98 Å². The van der Waals surface area contributed by atoms with Crippen LogP contribution in [-0.2, 0) is 5.41 Å². The SMILES string of the molecule is COc1ccc2c(c1)C(C)(C)c1[nH]c3nc(C#N)ccc3c1C2=O. The van der Waals surface area contributed by atoms with Gasteiger partial charge in [0, 0.05) is 22.1 Å². The van der Waals surface area contributed by atoms with Crippen molar-refractivity contribution < 1.29 is 9.53 Å². The van der Waals surface area contributed by atoms with Crippen molar-refractivity contribution >= 4 is 16.8 Å². The number of nitriles is 1. The second-order valence-corrected chi connectivity index (χ2v) is 6.45. The van der Waals surface area contributed by atoms with Crippen LogP contribution in [0.25, 0.3) is 11.0 Å². The molecule has 0 saturated heterocycles. The third kappa shape index (κ3) is 1.74. The molecule has 5 nitrogen and oxygen atoms in total. The van der Waals surface area contributed by atoms with Gasteiger partial charge >= 0.3 is 0 Å². The maximum absolute atomic E-state index is 13.1. The number of fused-ring (bicyclic) bond motifs is 4. The number of carbonyl (C=O) groups excluding carboxylic acids is 1. The predicted octanol–water partition coefficient (Wildman–Crippen LogP) is 3.31. The van der Waals surface area contributed by atoms with Crippen LogP contribution >= 0.6 is 0 Å². The Kier molecular flexibility index (Phi) is 2.82. The van der Waals surface area contributed by atoms with Crippen molar-refractivity contribution in [3.63, 3.8) is 0 Å². The number of aromatic nitrogens is 2. The molecular formula is C19H15N3O2. The molecule has 0 radical (unpaired) electrons. The lowest BCUT2D eigenvalue weighted by molar-refractivity contribution is 0.103. The Morgan fingerprint density at radius 1 is 1.25 bits per heavy atom. The smallest absolute Gasteiger partial charge is 0.195 e.